The summed E-state index contributed by atoms with van der Waals surface area (Å²) in [7, 11) is -4.50. The van der Waals surface area contributed by atoms with Crippen LogP contribution in [0.5, 0.6) is 0 Å². The van der Waals surface area contributed by atoms with Crippen LogP contribution in [0.3, 0.4) is 0 Å². The fourth-order valence-corrected chi connectivity index (χ4v) is 10.9. The number of carbonyl (C=O) groups is 9. The number of H-pyrrole nitrogens is 2. The average molecular weight is 1380 g/mol. The lowest BCUT2D eigenvalue weighted by atomic mass is 10.1. The molecule has 33 nitrogen and oxygen atoms in total. The van der Waals surface area contributed by atoms with Gasteiger partial charge in [-0.1, -0.05) is 31.0 Å². The van der Waals surface area contributed by atoms with E-state index in [2.05, 4.69) is 88.3 Å². The Morgan fingerprint density at radius 2 is 1.06 bits per heavy atom. The van der Waals surface area contributed by atoms with Crippen LogP contribution < -0.4 is 53.2 Å². The van der Waals surface area contributed by atoms with E-state index in [9.17, 15) is 66.3 Å². The van der Waals surface area contributed by atoms with Crippen LogP contribution in [0.1, 0.15) is 114 Å². The standard InChI is InChI=1S/C65H79N19O14S/c85-55(67-24-7-1-3-13-56(86)80-49(62(92)93)40-76-58(88)43-15-19-51-46(35-43)38-78-83(51)33-9-26-69-64-71-29-30-72-64)22-18-48(82-60(90)45-17-21-54(75-37-45)66-28-23-42-11-5-6-12-53(42)99(96,97)98)61(91)68-25-8-2-4-14-57(87)81-50(63(94)95)41-77-59(89)44-16-20-52-47(36-44)39-79-84(52)34-10-27-70-65-73-31-32-74-65/h5-6,11-12,15-17,19-21,23,28-32,35-39,48-50H,1-4,7-10,13-14,18,22,24-27,33-34,40-41H2,(H,66,75)(H,67,85)(H,68,91)(H,76,88)(H,77,89)(H,80,86)(H,81,87)(H,82,90)(H,92,93)(H,94,95)(H2,69,71,72)(H2,70,73,74)(H,96,97,98)/b28-23+/t48?,49-,50-/m0/s1. The molecular weight excluding hydrogens is 1300 g/mol. The Hall–Kier alpha value is -11.6. The van der Waals surface area contributed by atoms with E-state index >= 15 is 0 Å². The minimum absolute atomic E-state index is 0.0315. The van der Waals surface area contributed by atoms with Crippen molar-refractivity contribution in [2.45, 2.75) is 113 Å². The molecule has 8 rings (SSSR count). The average Bonchev–Trinajstić information content (AvgIpc) is 1.70. The molecule has 8 aromatic rings. The monoisotopic (exact) mass is 1380 g/mol. The highest BCUT2D eigenvalue weighted by molar-refractivity contribution is 7.86. The fraction of sp³-hybridized carbons (Fsp3) is 0.354. The number of aromatic nitrogens is 9. The van der Waals surface area contributed by atoms with E-state index in [0.717, 1.165) is 29.3 Å². The summed E-state index contributed by atoms with van der Waals surface area (Å²) in [5.41, 5.74) is 2.43. The Morgan fingerprint density at radius 1 is 0.525 bits per heavy atom. The largest absolute Gasteiger partial charge is 0.480 e. The number of pyridine rings is 1. The Labute approximate surface area is 567 Å². The number of carbonyl (C=O) groups excluding carboxylic acids is 7. The van der Waals surface area contributed by atoms with Gasteiger partial charge in [0.1, 0.15) is 28.8 Å². The number of aromatic amines is 2. The third-order valence-electron chi connectivity index (χ3n) is 15.5. The minimum atomic E-state index is -4.50. The lowest BCUT2D eigenvalue weighted by Crippen LogP contribution is -2.48. The number of unbranched alkanes of at least 4 members (excludes halogenated alkanes) is 4. The summed E-state index contributed by atoms with van der Waals surface area (Å²) in [4.78, 5) is 135. The second kappa shape index (κ2) is 37.1. The molecule has 0 aliphatic rings. The third kappa shape index (κ3) is 23.4. The van der Waals surface area contributed by atoms with E-state index in [4.69, 9.17) is 0 Å². The number of aliphatic carboxylic acids is 2. The van der Waals surface area contributed by atoms with Crippen molar-refractivity contribution in [3.8, 4) is 0 Å². The molecule has 34 heteroatoms. The van der Waals surface area contributed by atoms with Crippen molar-refractivity contribution >= 4 is 109 Å². The van der Waals surface area contributed by atoms with Gasteiger partial charge in [-0.05, 0) is 111 Å². The van der Waals surface area contributed by atoms with Crippen molar-refractivity contribution < 1.29 is 66.3 Å². The van der Waals surface area contributed by atoms with Gasteiger partial charge in [0, 0.05) is 131 Å². The van der Waals surface area contributed by atoms with Gasteiger partial charge in [-0.25, -0.2) is 24.5 Å². The predicted octanol–water partition coefficient (Wildman–Crippen LogP) is 3.79. The molecule has 0 aliphatic heterocycles. The Morgan fingerprint density at radius 3 is 1.57 bits per heavy atom. The lowest BCUT2D eigenvalue weighted by Gasteiger charge is -2.19. The number of nitrogens with one attached hydrogen (secondary N) is 12. The molecule has 3 atom stereocenters. The number of aryl methyl sites for hydroxylation is 2. The van der Waals surface area contributed by atoms with Gasteiger partial charge in [0.15, 0.2) is 11.9 Å². The van der Waals surface area contributed by atoms with Gasteiger partial charge >= 0.3 is 11.9 Å². The summed E-state index contributed by atoms with van der Waals surface area (Å²) in [5.74, 6) is -5.05. The van der Waals surface area contributed by atoms with Gasteiger partial charge in [0.05, 0.1) is 29.0 Å². The van der Waals surface area contributed by atoms with Gasteiger partial charge in [-0.2, -0.15) is 18.6 Å². The molecule has 15 N–H and O–H groups in total. The molecule has 0 radical (unpaired) electrons. The quantitative estimate of drug-likeness (QED) is 0.0191. The van der Waals surface area contributed by atoms with E-state index < -0.39 is 81.5 Å². The van der Waals surface area contributed by atoms with Crippen LogP contribution in [-0.2, 0) is 52.0 Å². The highest BCUT2D eigenvalue weighted by Crippen LogP contribution is 2.20. The van der Waals surface area contributed by atoms with Crippen molar-refractivity contribution in [3.05, 3.63) is 145 Å². The van der Waals surface area contributed by atoms with Gasteiger partial charge in [-0.15, -0.1) is 0 Å². The number of amides is 7. The molecule has 5 aromatic heterocycles. The molecule has 1 unspecified atom stereocenters. The zero-order valence-corrected chi connectivity index (χ0v) is 54.7. The predicted molar refractivity (Wildman–Crippen MR) is 363 cm³/mol. The summed E-state index contributed by atoms with van der Waals surface area (Å²) in [6.45, 7) is 2.07. The molecule has 0 aliphatic carbocycles. The number of carboxylic acid groups (broad SMARTS) is 2. The van der Waals surface area contributed by atoms with Gasteiger partial charge < -0.3 is 73.3 Å². The number of carboxylic acids is 2. The van der Waals surface area contributed by atoms with Crippen molar-refractivity contribution in [1.82, 2.24) is 81.7 Å². The maximum Gasteiger partial charge on any atom is 0.328 e. The van der Waals surface area contributed by atoms with Crippen molar-refractivity contribution in [2.75, 3.05) is 55.2 Å². The summed E-state index contributed by atoms with van der Waals surface area (Å²) in [6.07, 6.45) is 17.5. The van der Waals surface area contributed by atoms with Crippen LogP contribution in [0.2, 0.25) is 0 Å². The number of anilines is 3. The first kappa shape index (κ1) is 73.3. The van der Waals surface area contributed by atoms with E-state index in [1.54, 1.807) is 79.6 Å². The Balaban J connectivity index is 0.743. The molecule has 524 valence electrons. The highest BCUT2D eigenvalue weighted by atomic mass is 32.2. The first-order chi connectivity index (χ1) is 47.8. The first-order valence-corrected chi connectivity index (χ1v) is 33.5. The topological polar surface area (TPSA) is 475 Å². The fourth-order valence-electron chi connectivity index (χ4n) is 10.2. The maximum atomic E-state index is 13.7. The molecule has 7 amide bonds. The smallest absolute Gasteiger partial charge is 0.328 e. The van der Waals surface area contributed by atoms with Crippen LogP contribution in [0.15, 0.2) is 127 Å². The SMILES string of the molecule is O=C(CCC(NC(=O)c1ccc(N/C=C/c2ccccc2S(=O)(=O)O)nc1)C(=O)NCCCCCC(=O)N[C@@H](CNC(=O)c1ccc2c(cnn2CCCNc2ncc[nH]2)c1)C(=O)O)NCCCCCC(=O)N[C@@H](CNC(=O)c1ccc2c(cnn2CCCNc2ncc[nH]2)c1)C(=O)O. The zero-order valence-electron chi connectivity index (χ0n) is 53.9. The van der Waals surface area contributed by atoms with E-state index in [1.165, 1.54) is 48.8 Å². The van der Waals surface area contributed by atoms with E-state index in [0.29, 0.717) is 82.0 Å². The maximum absolute atomic E-state index is 13.7. The number of imidazole rings is 2. The van der Waals surface area contributed by atoms with Crippen LogP contribution >= 0.6 is 0 Å². The molecule has 0 saturated heterocycles. The number of hydrogen-bond acceptors (Lipinski definition) is 19. The number of benzene rings is 3. The molecule has 0 bridgehead atoms. The molecule has 3 aromatic carbocycles. The van der Waals surface area contributed by atoms with Crippen LogP contribution in [-0.4, -0.2) is 178 Å². The Kier molecular flexibility index (Phi) is 27.5. The molecule has 0 fully saturated rings. The van der Waals surface area contributed by atoms with E-state index in [1.807, 2.05) is 9.36 Å². The molecule has 5 heterocycles. The third-order valence-corrected chi connectivity index (χ3v) is 16.4. The normalized spacial score (nSPS) is 12.3. The van der Waals surface area contributed by atoms with Crippen LogP contribution in [0, 0.1) is 0 Å². The van der Waals surface area contributed by atoms with Crippen molar-refractivity contribution in [3.63, 3.8) is 0 Å². The van der Waals surface area contributed by atoms with Crippen LogP contribution in [0.25, 0.3) is 27.9 Å². The van der Waals surface area contributed by atoms with Gasteiger partial charge in [0.2, 0.25) is 23.6 Å². The second-order valence-electron chi connectivity index (χ2n) is 22.8. The Bertz CT molecular complexity index is 4200. The number of hydrogen-bond donors (Lipinski definition) is 15. The summed E-state index contributed by atoms with van der Waals surface area (Å²) >= 11 is 0. The molecule has 0 saturated carbocycles. The summed E-state index contributed by atoms with van der Waals surface area (Å²) in [5, 5.41) is 57.5. The summed E-state index contributed by atoms with van der Waals surface area (Å²) in [6, 6.07) is 14.6. The van der Waals surface area contributed by atoms with Crippen molar-refractivity contribution in [1.29, 1.82) is 0 Å². The second-order valence-corrected chi connectivity index (χ2v) is 24.2. The highest BCUT2D eigenvalue weighted by Gasteiger charge is 2.26. The van der Waals surface area contributed by atoms with Gasteiger partial charge in [0.25, 0.3) is 27.8 Å². The molecule has 99 heavy (non-hydrogen) atoms. The zero-order chi connectivity index (χ0) is 70.5. The lowest BCUT2D eigenvalue weighted by molar-refractivity contribution is -0.142. The molecule has 0 spiro atoms. The summed E-state index contributed by atoms with van der Waals surface area (Å²) < 4.78 is 36.8. The van der Waals surface area contributed by atoms with E-state index in [-0.39, 0.29) is 84.8 Å². The minimum Gasteiger partial charge on any atom is -0.480 e. The van der Waals surface area contributed by atoms with Crippen LogP contribution in [0.4, 0.5) is 17.7 Å². The van der Waals surface area contributed by atoms with Crippen molar-refractivity contribution in [2.24, 2.45) is 0 Å². The number of nitrogens with zero attached hydrogens (tertiary/aromatic N) is 7. The molecular formula is C65H79N19O14S. The number of fused-ring (bicyclic) bond motifs is 2. The number of rotatable bonds is 42. The van der Waals surface area contributed by atoms with Gasteiger partial charge in [-0.3, -0.25) is 47.5 Å². The first-order valence-electron chi connectivity index (χ1n) is 32.1.